The van der Waals surface area contributed by atoms with E-state index in [2.05, 4.69) is 0 Å². The van der Waals surface area contributed by atoms with Gasteiger partial charge in [0.2, 0.25) is 0 Å². The SMILES string of the molecule is [2H]c1cc2c(-c3c([2H])c([2H])c(-c4c([2H])cc(N(c5cc([2H])c(-c6c([2H])c([2H])c([2H])c([2H])c6[2H])c([2H])c5[2H])c5c([2H])c([2H])c(-c6c([2H])c([2H])c([2H])c7c([2H])c([2H])c([2H])cc67)c([2H])c5[2H])cc4[2H])c([2H])c3[2H])c([2H])c([2H])c([2H])c2c([2H])c1[2H]. The smallest absolute Gasteiger partial charge is 0.0645 e. The number of benzene rings is 9. The van der Waals surface area contributed by atoms with Crippen LogP contribution in [0.1, 0.15) is 41.1 Å². The number of nitrogens with zero attached hydrogens (tertiary/aromatic N) is 1. The summed E-state index contributed by atoms with van der Waals surface area (Å²) < 4.78 is 265. The summed E-state index contributed by atoms with van der Waals surface area (Å²) in [5.74, 6) is 0. The zero-order chi connectivity index (χ0) is 60.1. The van der Waals surface area contributed by atoms with E-state index in [1.807, 2.05) is 0 Å². The van der Waals surface area contributed by atoms with Crippen LogP contribution in [0.5, 0.6) is 0 Å². The number of fused-ring (bicyclic) bond motifs is 2. The lowest BCUT2D eigenvalue weighted by Crippen LogP contribution is -2.09. The Bertz CT molecular complexity index is 4240. The lowest BCUT2D eigenvalue weighted by molar-refractivity contribution is 1.28. The molecule has 0 radical (unpaired) electrons. The second-order valence-corrected chi connectivity index (χ2v) is 10.6. The second-order valence-electron chi connectivity index (χ2n) is 10.6. The summed E-state index contributed by atoms with van der Waals surface area (Å²) in [6, 6.07) is -20.2. The number of anilines is 3. The molecule has 0 atom stereocenters. The van der Waals surface area contributed by atoms with E-state index < -0.39 is 248 Å². The minimum absolute atomic E-state index is 0.275. The van der Waals surface area contributed by atoms with Crippen molar-refractivity contribution in [2.45, 2.75) is 0 Å². The van der Waals surface area contributed by atoms with E-state index >= 15 is 0 Å². The molecule has 240 valence electrons. The molecule has 0 aliphatic rings. The highest BCUT2D eigenvalue weighted by atomic mass is 15.1. The van der Waals surface area contributed by atoms with E-state index in [0.29, 0.717) is 0 Å². The quantitative estimate of drug-likeness (QED) is 0.162. The summed E-state index contributed by atoms with van der Waals surface area (Å²) in [6.45, 7) is 0. The van der Waals surface area contributed by atoms with Crippen LogP contribution in [-0.2, 0) is 0 Å². The van der Waals surface area contributed by atoms with Gasteiger partial charge in [0.15, 0.2) is 0 Å². The molecule has 9 aromatic rings. The molecule has 0 bridgehead atoms. The van der Waals surface area contributed by atoms with Crippen LogP contribution in [0.2, 0.25) is 0 Å². The summed E-state index contributed by atoms with van der Waals surface area (Å²) in [5, 5.41) is -1.40. The summed E-state index contributed by atoms with van der Waals surface area (Å²) in [4.78, 5) is 0.726. The first-order chi connectivity index (χ1) is 37.7. The van der Waals surface area contributed by atoms with Crippen molar-refractivity contribution in [3.63, 3.8) is 0 Å². The Morgan fingerprint density at radius 2 is 0.686 bits per heavy atom. The fraction of sp³-hybridized carbons (Fsp3) is 0. The average Bonchev–Trinajstić information content (AvgIpc) is 3.55. The second kappa shape index (κ2) is 13.3. The van der Waals surface area contributed by atoms with Crippen molar-refractivity contribution in [1.29, 1.82) is 0 Å². The molecule has 0 spiro atoms. The maximum absolute atomic E-state index is 9.53. The number of hydrogen-bond acceptors (Lipinski definition) is 1. The van der Waals surface area contributed by atoms with Crippen LogP contribution in [0.15, 0.2) is 212 Å². The topological polar surface area (TPSA) is 3.24 Å². The molecule has 0 saturated carbocycles. The highest BCUT2D eigenvalue weighted by molar-refractivity contribution is 5.98. The van der Waals surface area contributed by atoms with Gasteiger partial charge in [0.05, 0.1) is 41.1 Å². The van der Waals surface area contributed by atoms with E-state index in [1.54, 1.807) is 0 Å². The number of hydrogen-bond donors (Lipinski definition) is 0. The monoisotopic (exact) mass is 679 g/mol. The Hall–Kier alpha value is -6.70. The normalized spacial score (nSPS) is 19.4. The van der Waals surface area contributed by atoms with Crippen molar-refractivity contribution in [3.05, 3.63) is 212 Å². The summed E-state index contributed by atoms with van der Waals surface area (Å²) >= 11 is 0. The van der Waals surface area contributed by atoms with Crippen LogP contribution in [0.3, 0.4) is 0 Å². The van der Waals surface area contributed by atoms with E-state index in [9.17, 15) is 17.8 Å². The first-order valence-corrected chi connectivity index (χ1v) is 15.1. The Kier molecular flexibility index (Phi) is 3.20. The van der Waals surface area contributed by atoms with E-state index in [0.717, 1.165) is 35.2 Å². The molecule has 0 aromatic heterocycles. The average molecular weight is 680 g/mol. The van der Waals surface area contributed by atoms with Gasteiger partial charge in [-0.1, -0.05) is 175 Å². The predicted molar refractivity (Wildman–Crippen MR) is 218 cm³/mol. The van der Waals surface area contributed by atoms with Gasteiger partial charge in [-0.05, 0) is 102 Å². The number of rotatable bonds is 7. The van der Waals surface area contributed by atoms with Gasteiger partial charge in [-0.15, -0.1) is 0 Å². The molecule has 0 unspecified atom stereocenters. The van der Waals surface area contributed by atoms with Crippen molar-refractivity contribution in [2.75, 3.05) is 4.90 Å². The first-order valence-electron chi connectivity index (χ1n) is 30.1. The largest absolute Gasteiger partial charge is 0.311 e. The van der Waals surface area contributed by atoms with Gasteiger partial charge in [-0.3, -0.25) is 0 Å². The fourth-order valence-electron chi connectivity index (χ4n) is 5.24. The van der Waals surface area contributed by atoms with Crippen molar-refractivity contribution in [1.82, 2.24) is 0 Å². The maximum Gasteiger partial charge on any atom is 0.0645 e. The molecule has 1 heteroatoms. The van der Waals surface area contributed by atoms with Gasteiger partial charge in [-0.25, -0.2) is 0 Å². The summed E-state index contributed by atoms with van der Waals surface area (Å²) in [6.07, 6.45) is 0. The predicted octanol–water partition coefficient (Wildman–Crippen LogP) is 14.1. The van der Waals surface area contributed by atoms with Gasteiger partial charge < -0.3 is 4.90 Å². The Labute approximate surface area is 341 Å². The molecule has 0 N–H and O–H groups in total. The van der Waals surface area contributed by atoms with Gasteiger partial charge in [-0.2, -0.15) is 0 Å². The molecule has 1 nitrogen and oxygen atoms in total. The van der Waals surface area contributed by atoms with Crippen molar-refractivity contribution in [2.24, 2.45) is 0 Å². The molecular formula is C50H35N. The third kappa shape index (κ3) is 5.96. The first kappa shape index (κ1) is 12.3. The molecule has 0 fully saturated rings. The van der Waals surface area contributed by atoms with E-state index in [4.69, 9.17) is 23.3 Å². The molecule has 0 heterocycles. The molecule has 9 rings (SSSR count). The molecular weight excluding hydrogens is 615 g/mol. The van der Waals surface area contributed by atoms with E-state index in [1.165, 1.54) is 0 Å². The minimum atomic E-state index is -1.04. The van der Waals surface area contributed by atoms with Crippen LogP contribution in [0, 0.1) is 0 Å². The summed E-state index contributed by atoms with van der Waals surface area (Å²) in [7, 11) is 0. The van der Waals surface area contributed by atoms with Crippen molar-refractivity contribution >= 4 is 38.6 Å². The zero-order valence-corrected chi connectivity index (χ0v) is 25.8. The Morgan fingerprint density at radius 1 is 0.275 bits per heavy atom. The molecule has 0 aliphatic heterocycles. The lowest BCUT2D eigenvalue weighted by atomic mass is 9.96. The van der Waals surface area contributed by atoms with Gasteiger partial charge in [0.25, 0.3) is 0 Å². The zero-order valence-electron chi connectivity index (χ0n) is 55.8. The minimum Gasteiger partial charge on any atom is -0.311 e. The van der Waals surface area contributed by atoms with Gasteiger partial charge in [0.1, 0.15) is 0 Å². The summed E-state index contributed by atoms with van der Waals surface area (Å²) in [5.41, 5.74) is -7.02. The van der Waals surface area contributed by atoms with Crippen molar-refractivity contribution < 1.29 is 41.1 Å². The fourth-order valence-corrected chi connectivity index (χ4v) is 5.24. The van der Waals surface area contributed by atoms with Crippen LogP contribution < -0.4 is 4.90 Å². The molecule has 9 aromatic carbocycles. The Balaban J connectivity index is 1.34. The maximum atomic E-state index is 9.53. The van der Waals surface area contributed by atoms with Gasteiger partial charge in [0, 0.05) is 17.1 Å². The molecule has 0 aliphatic carbocycles. The molecule has 0 amide bonds. The molecule has 51 heavy (non-hydrogen) atoms. The van der Waals surface area contributed by atoms with Crippen LogP contribution >= 0.6 is 0 Å². The third-order valence-electron chi connectivity index (χ3n) is 7.64. The van der Waals surface area contributed by atoms with Gasteiger partial charge >= 0.3 is 0 Å². The lowest BCUT2D eigenvalue weighted by Gasteiger charge is -2.26. The Morgan fingerprint density at radius 3 is 1.29 bits per heavy atom. The third-order valence-corrected chi connectivity index (χ3v) is 7.64. The highest BCUT2D eigenvalue weighted by Crippen LogP contribution is 2.39. The molecule has 0 saturated heterocycles. The highest BCUT2D eigenvalue weighted by Gasteiger charge is 2.14. The van der Waals surface area contributed by atoms with Crippen molar-refractivity contribution in [3.8, 4) is 44.5 Å². The standard InChI is InChI=1S/C50H35N/c1-2-10-36(11-3-1)38-24-30-44(31-25-38)51(46-34-28-43(29-35-46)50-19-9-15-41-13-5-7-17-48(41)50)45-32-26-39(27-33-45)37-20-22-42(23-21-37)49-18-8-14-40-12-4-6-16-47(40)49/h1-35H/i1D,2D,3D,4D,5D,6D,7D,8D,9D,10D,11D,12D,13D,14D,15D,18D,19D,20D,21D,22D,23D,24D,25D,26D,27D,28D,29D,30D,34D,35D. The van der Waals surface area contributed by atoms with Crippen LogP contribution in [0.4, 0.5) is 17.1 Å². The van der Waals surface area contributed by atoms with Crippen LogP contribution in [0.25, 0.3) is 66.1 Å². The van der Waals surface area contributed by atoms with Crippen LogP contribution in [-0.4, -0.2) is 0 Å². The van der Waals surface area contributed by atoms with E-state index in [-0.39, 0.29) is 16.2 Å².